The van der Waals surface area contributed by atoms with E-state index in [1.807, 2.05) is 38.4 Å². The molecule has 0 aliphatic heterocycles. The number of hydrogen-bond acceptors (Lipinski definition) is 4. The van der Waals surface area contributed by atoms with Crippen LogP contribution in [0, 0.1) is 6.92 Å². The molecule has 3 aromatic rings. The van der Waals surface area contributed by atoms with Crippen LogP contribution >= 0.6 is 11.6 Å². The molecule has 1 aromatic heterocycles. The zero-order chi connectivity index (χ0) is 21.7. The Kier molecular flexibility index (Phi) is 7.84. The van der Waals surface area contributed by atoms with Crippen molar-refractivity contribution in [1.82, 2.24) is 9.88 Å². The molecule has 0 aliphatic rings. The molecule has 4 nitrogen and oxygen atoms in total. The van der Waals surface area contributed by atoms with Gasteiger partial charge in [0.1, 0.15) is 0 Å². The summed E-state index contributed by atoms with van der Waals surface area (Å²) in [6.07, 6.45) is 1.58. The highest BCUT2D eigenvalue weighted by atomic mass is 35.5. The number of unbranched alkanes of at least 4 members (excludes halogenated alkanes) is 1. The van der Waals surface area contributed by atoms with E-state index in [2.05, 4.69) is 36.9 Å². The van der Waals surface area contributed by atoms with Crippen molar-refractivity contribution >= 4 is 22.5 Å². The molecule has 0 fully saturated rings. The van der Waals surface area contributed by atoms with Gasteiger partial charge in [-0.25, -0.2) is 0 Å². The second kappa shape index (κ2) is 10.4. The maximum atomic E-state index is 10.5. The Labute approximate surface area is 184 Å². The molecule has 0 amide bonds. The van der Waals surface area contributed by atoms with Crippen LogP contribution in [0.2, 0.25) is 5.02 Å². The molecule has 3 rings (SSSR count). The Bertz CT molecular complexity index is 987. The monoisotopic (exact) mass is 426 g/mol. The fraction of sp³-hybridized carbons (Fsp3) is 0.400. The molecule has 0 spiro atoms. The Morgan fingerprint density at radius 3 is 2.53 bits per heavy atom. The summed E-state index contributed by atoms with van der Waals surface area (Å²) in [5.74, 6) is 0. The number of halogens is 1. The van der Waals surface area contributed by atoms with Crippen molar-refractivity contribution in [3.63, 3.8) is 0 Å². The Morgan fingerprint density at radius 2 is 1.87 bits per heavy atom. The summed E-state index contributed by atoms with van der Waals surface area (Å²) < 4.78 is 5.64. The highest BCUT2D eigenvalue weighted by Crippen LogP contribution is 2.35. The van der Waals surface area contributed by atoms with E-state index in [4.69, 9.17) is 21.3 Å². The predicted molar refractivity (Wildman–Crippen MR) is 125 cm³/mol. The molecule has 0 saturated carbocycles. The van der Waals surface area contributed by atoms with Gasteiger partial charge < -0.3 is 14.7 Å². The standard InChI is InChI=1S/C25H31ClN2O2/c1-5-6-13-30-24(29)15-22-17(2)14-23-21(12-11-20(27-23)16-28(3)4)25(22)18-7-9-19(26)10-8-18/h7-12,14,24,29H,5-6,13,15-16H2,1-4H3. The molecule has 2 aromatic carbocycles. The third kappa shape index (κ3) is 5.58. The third-order valence-corrected chi connectivity index (χ3v) is 5.43. The number of aliphatic hydroxyl groups is 1. The van der Waals surface area contributed by atoms with Crippen molar-refractivity contribution in [2.45, 2.75) is 45.9 Å². The highest BCUT2D eigenvalue weighted by molar-refractivity contribution is 6.30. The number of hydrogen-bond donors (Lipinski definition) is 1. The summed E-state index contributed by atoms with van der Waals surface area (Å²) >= 11 is 6.14. The molecule has 1 atom stereocenters. The van der Waals surface area contributed by atoms with Gasteiger partial charge in [-0.3, -0.25) is 4.98 Å². The summed E-state index contributed by atoms with van der Waals surface area (Å²) in [5, 5.41) is 12.3. The SMILES string of the molecule is CCCCOC(O)Cc1c(C)cc2nc(CN(C)C)ccc2c1-c1ccc(Cl)cc1. The Hall–Kier alpha value is -1.98. The zero-order valence-corrected chi connectivity index (χ0v) is 19.0. The van der Waals surface area contributed by atoms with E-state index in [0.29, 0.717) is 18.1 Å². The minimum absolute atomic E-state index is 0.433. The first-order chi connectivity index (χ1) is 14.4. The lowest BCUT2D eigenvalue weighted by atomic mass is 9.90. The first-order valence-electron chi connectivity index (χ1n) is 10.5. The van der Waals surface area contributed by atoms with Gasteiger partial charge in [0.2, 0.25) is 0 Å². The van der Waals surface area contributed by atoms with Crippen LogP contribution in [0.15, 0.2) is 42.5 Å². The van der Waals surface area contributed by atoms with Gasteiger partial charge in [0.25, 0.3) is 0 Å². The Balaban J connectivity index is 2.10. The second-order valence-electron chi connectivity index (χ2n) is 8.04. The van der Waals surface area contributed by atoms with Gasteiger partial charge in [-0.1, -0.05) is 43.1 Å². The predicted octanol–water partition coefficient (Wildman–Crippen LogP) is 5.60. The van der Waals surface area contributed by atoms with Crippen molar-refractivity contribution in [3.8, 4) is 11.1 Å². The van der Waals surface area contributed by atoms with E-state index < -0.39 is 6.29 Å². The van der Waals surface area contributed by atoms with Crippen LogP contribution in [0.25, 0.3) is 22.0 Å². The number of rotatable bonds is 9. The van der Waals surface area contributed by atoms with Gasteiger partial charge in [-0.2, -0.15) is 0 Å². The maximum absolute atomic E-state index is 10.5. The number of nitrogens with zero attached hydrogens (tertiary/aromatic N) is 2. The molecular formula is C25H31ClN2O2. The Morgan fingerprint density at radius 1 is 1.13 bits per heavy atom. The average Bonchev–Trinajstić information content (AvgIpc) is 2.69. The highest BCUT2D eigenvalue weighted by Gasteiger charge is 2.18. The number of ether oxygens (including phenoxy) is 1. The van der Waals surface area contributed by atoms with Crippen LogP contribution in [0.5, 0.6) is 0 Å². The average molecular weight is 427 g/mol. The van der Waals surface area contributed by atoms with Crippen molar-refractivity contribution in [1.29, 1.82) is 0 Å². The number of aromatic nitrogens is 1. The lowest BCUT2D eigenvalue weighted by Gasteiger charge is -2.20. The normalized spacial score (nSPS) is 12.6. The number of benzene rings is 2. The topological polar surface area (TPSA) is 45.6 Å². The first kappa shape index (κ1) is 22.7. The summed E-state index contributed by atoms with van der Waals surface area (Å²) in [6.45, 7) is 5.54. The molecule has 30 heavy (non-hydrogen) atoms. The van der Waals surface area contributed by atoms with Gasteiger partial charge in [-0.15, -0.1) is 0 Å². The number of pyridine rings is 1. The zero-order valence-electron chi connectivity index (χ0n) is 18.3. The molecule has 0 radical (unpaired) electrons. The van der Waals surface area contributed by atoms with Crippen molar-refractivity contribution < 1.29 is 9.84 Å². The summed E-state index contributed by atoms with van der Waals surface area (Å²) in [5.41, 5.74) is 6.32. The minimum atomic E-state index is -0.834. The molecule has 1 unspecified atom stereocenters. The molecule has 0 bridgehead atoms. The quantitative estimate of drug-likeness (QED) is 0.357. The first-order valence-corrected chi connectivity index (χ1v) is 10.9. The van der Waals surface area contributed by atoms with Gasteiger partial charge in [-0.05, 0) is 74.0 Å². The summed E-state index contributed by atoms with van der Waals surface area (Å²) in [4.78, 5) is 7.01. The van der Waals surface area contributed by atoms with Crippen LogP contribution in [0.4, 0.5) is 0 Å². The minimum Gasteiger partial charge on any atom is -0.368 e. The summed E-state index contributed by atoms with van der Waals surface area (Å²) in [7, 11) is 4.08. The molecule has 0 aliphatic carbocycles. The summed E-state index contributed by atoms with van der Waals surface area (Å²) in [6, 6.07) is 14.2. The fourth-order valence-corrected chi connectivity index (χ4v) is 3.84. The van der Waals surface area contributed by atoms with Crippen LogP contribution in [-0.2, 0) is 17.7 Å². The van der Waals surface area contributed by atoms with E-state index in [-0.39, 0.29) is 0 Å². The van der Waals surface area contributed by atoms with Crippen LogP contribution < -0.4 is 0 Å². The smallest absolute Gasteiger partial charge is 0.158 e. The fourth-order valence-electron chi connectivity index (χ4n) is 3.71. The molecule has 1 heterocycles. The number of aliphatic hydroxyl groups excluding tert-OH is 1. The van der Waals surface area contributed by atoms with Crippen molar-refractivity contribution in [3.05, 3.63) is 64.3 Å². The van der Waals surface area contributed by atoms with Crippen LogP contribution in [0.1, 0.15) is 36.6 Å². The van der Waals surface area contributed by atoms with Gasteiger partial charge >= 0.3 is 0 Å². The van der Waals surface area contributed by atoms with E-state index in [1.54, 1.807) is 0 Å². The van der Waals surface area contributed by atoms with E-state index >= 15 is 0 Å². The van der Waals surface area contributed by atoms with Gasteiger partial charge in [0.05, 0.1) is 11.2 Å². The largest absolute Gasteiger partial charge is 0.368 e. The van der Waals surface area contributed by atoms with Gasteiger partial charge in [0.15, 0.2) is 6.29 Å². The molecule has 1 N–H and O–H groups in total. The molecule has 160 valence electrons. The number of aryl methyl sites for hydroxylation is 1. The van der Waals surface area contributed by atoms with Crippen LogP contribution in [0.3, 0.4) is 0 Å². The van der Waals surface area contributed by atoms with Crippen LogP contribution in [-0.4, -0.2) is 42.0 Å². The number of fused-ring (bicyclic) bond motifs is 1. The third-order valence-electron chi connectivity index (χ3n) is 5.18. The molecule has 0 saturated heterocycles. The van der Waals surface area contributed by atoms with E-state index in [1.165, 1.54) is 0 Å². The van der Waals surface area contributed by atoms with E-state index in [9.17, 15) is 5.11 Å². The van der Waals surface area contributed by atoms with E-state index in [0.717, 1.165) is 58.2 Å². The van der Waals surface area contributed by atoms with Gasteiger partial charge in [0, 0.05) is 30.0 Å². The molecule has 5 heteroatoms. The second-order valence-corrected chi connectivity index (χ2v) is 8.48. The van der Waals surface area contributed by atoms with Crippen molar-refractivity contribution in [2.24, 2.45) is 0 Å². The molecular weight excluding hydrogens is 396 g/mol. The van der Waals surface area contributed by atoms with Crippen molar-refractivity contribution in [2.75, 3.05) is 20.7 Å². The maximum Gasteiger partial charge on any atom is 0.158 e. The lowest BCUT2D eigenvalue weighted by molar-refractivity contribution is -0.0980. The lowest BCUT2D eigenvalue weighted by Crippen LogP contribution is -2.17.